The number of carbonyl (C=O) groups is 1. The molecule has 4 rings (SSSR count). The fourth-order valence-electron chi connectivity index (χ4n) is 4.73. The average molecular weight is 398 g/mol. The molecule has 0 N–H and O–H groups in total. The van der Waals surface area contributed by atoms with Crippen molar-refractivity contribution in [1.82, 2.24) is 14.5 Å². The van der Waals surface area contributed by atoms with Crippen LogP contribution in [-0.2, 0) is 11.3 Å². The van der Waals surface area contributed by atoms with Gasteiger partial charge in [0.1, 0.15) is 5.82 Å². The molecule has 0 bridgehead atoms. The zero-order valence-corrected chi connectivity index (χ0v) is 17.7. The predicted octanol–water partition coefficient (Wildman–Crippen LogP) is 4.97. The van der Waals surface area contributed by atoms with Crippen molar-refractivity contribution in [3.8, 4) is 11.3 Å². The van der Waals surface area contributed by atoms with Crippen LogP contribution in [0.25, 0.3) is 11.3 Å². The molecule has 0 unspecified atom stereocenters. The number of fused-ring (bicyclic) bond motifs is 1. The Morgan fingerprint density at radius 3 is 2.64 bits per heavy atom. The molecule has 2 heterocycles. The van der Waals surface area contributed by atoms with E-state index in [4.69, 9.17) is 4.98 Å². The molecule has 28 heavy (non-hydrogen) atoms. The van der Waals surface area contributed by atoms with E-state index in [0.717, 1.165) is 36.6 Å². The first kappa shape index (κ1) is 19.6. The lowest BCUT2D eigenvalue weighted by atomic mass is 9.84. The van der Waals surface area contributed by atoms with Crippen molar-refractivity contribution in [2.45, 2.75) is 58.0 Å². The fraction of sp³-hybridized carbons (Fsp3) is 0.565. The second kappa shape index (κ2) is 8.73. The van der Waals surface area contributed by atoms with Gasteiger partial charge in [-0.15, -0.1) is 0 Å². The van der Waals surface area contributed by atoms with Gasteiger partial charge in [-0.3, -0.25) is 4.79 Å². The number of amides is 1. The lowest BCUT2D eigenvalue weighted by Gasteiger charge is -2.39. The predicted molar refractivity (Wildman–Crippen MR) is 116 cm³/mol. The topological polar surface area (TPSA) is 38.1 Å². The summed E-state index contributed by atoms with van der Waals surface area (Å²) in [4.78, 5) is 20.2. The minimum atomic E-state index is -0.0488. The van der Waals surface area contributed by atoms with Crippen LogP contribution >= 0.6 is 12.6 Å². The van der Waals surface area contributed by atoms with Crippen molar-refractivity contribution in [3.05, 3.63) is 42.4 Å². The van der Waals surface area contributed by atoms with Crippen molar-refractivity contribution >= 4 is 18.5 Å². The third-order valence-corrected chi connectivity index (χ3v) is 6.94. The van der Waals surface area contributed by atoms with Crippen molar-refractivity contribution < 1.29 is 4.79 Å². The van der Waals surface area contributed by atoms with E-state index in [1.165, 1.54) is 32.1 Å². The monoisotopic (exact) mass is 397 g/mol. The van der Waals surface area contributed by atoms with E-state index in [1.807, 2.05) is 13.0 Å². The highest BCUT2D eigenvalue weighted by atomic mass is 32.1. The second-order valence-corrected chi connectivity index (χ2v) is 8.78. The van der Waals surface area contributed by atoms with Crippen molar-refractivity contribution in [3.63, 3.8) is 0 Å². The van der Waals surface area contributed by atoms with Crippen LogP contribution in [0.15, 0.2) is 36.5 Å². The molecule has 0 radical (unpaired) electrons. The van der Waals surface area contributed by atoms with Crippen LogP contribution < -0.4 is 0 Å². The van der Waals surface area contributed by atoms with Gasteiger partial charge in [0, 0.05) is 36.5 Å². The molecule has 2 aromatic rings. The van der Waals surface area contributed by atoms with Gasteiger partial charge in [0.25, 0.3) is 0 Å². The molecule has 5 heteroatoms. The van der Waals surface area contributed by atoms with Crippen LogP contribution in [0.2, 0.25) is 0 Å². The van der Waals surface area contributed by atoms with E-state index >= 15 is 0 Å². The minimum Gasteiger partial charge on any atom is -0.331 e. The van der Waals surface area contributed by atoms with Gasteiger partial charge in [0.2, 0.25) is 5.91 Å². The molecule has 1 saturated carbocycles. The Morgan fingerprint density at radius 2 is 1.93 bits per heavy atom. The summed E-state index contributed by atoms with van der Waals surface area (Å²) in [6.45, 7) is 3.58. The summed E-state index contributed by atoms with van der Waals surface area (Å²) < 4.78 is 2.28. The van der Waals surface area contributed by atoms with E-state index in [-0.39, 0.29) is 17.9 Å². The summed E-state index contributed by atoms with van der Waals surface area (Å²) >= 11 is 4.37. The average Bonchev–Trinajstić information content (AvgIpc) is 3.19. The maximum absolute atomic E-state index is 13.1. The molecule has 0 spiro atoms. The summed E-state index contributed by atoms with van der Waals surface area (Å²) in [5, 5.41) is 0. The molecule has 4 nitrogen and oxygen atoms in total. The smallest absolute Gasteiger partial charge is 0.226 e. The zero-order valence-electron chi connectivity index (χ0n) is 16.8. The molecule has 1 aromatic heterocycles. The highest BCUT2D eigenvalue weighted by molar-refractivity contribution is 7.80. The Kier molecular flexibility index (Phi) is 6.10. The van der Waals surface area contributed by atoms with Crippen LogP contribution in [0, 0.1) is 11.8 Å². The number of hydrogen-bond acceptors (Lipinski definition) is 3. The summed E-state index contributed by atoms with van der Waals surface area (Å²) in [6.07, 6.45) is 9.77. The van der Waals surface area contributed by atoms with E-state index in [0.29, 0.717) is 11.7 Å². The maximum Gasteiger partial charge on any atom is 0.226 e. The van der Waals surface area contributed by atoms with Crippen molar-refractivity contribution in [1.29, 1.82) is 0 Å². The molecule has 1 amide bonds. The van der Waals surface area contributed by atoms with Gasteiger partial charge in [-0.2, -0.15) is 12.6 Å². The Bertz CT molecular complexity index is 797. The quantitative estimate of drug-likeness (QED) is 0.724. The van der Waals surface area contributed by atoms with E-state index in [9.17, 15) is 4.79 Å². The zero-order chi connectivity index (χ0) is 19.5. The molecular weight excluding hydrogens is 366 g/mol. The molecule has 2 atom stereocenters. The fourth-order valence-corrected chi connectivity index (χ4v) is 4.89. The maximum atomic E-state index is 13.1. The summed E-state index contributed by atoms with van der Waals surface area (Å²) in [7, 11) is 0. The van der Waals surface area contributed by atoms with Crippen LogP contribution in [0.1, 0.15) is 57.3 Å². The minimum absolute atomic E-state index is 0.0488. The lowest BCUT2D eigenvalue weighted by Crippen LogP contribution is -2.45. The first-order valence-corrected chi connectivity index (χ1v) is 11.3. The van der Waals surface area contributed by atoms with Crippen molar-refractivity contribution in [2.24, 2.45) is 11.8 Å². The third-order valence-electron chi connectivity index (χ3n) is 6.39. The van der Waals surface area contributed by atoms with Gasteiger partial charge in [0.05, 0.1) is 11.7 Å². The first-order chi connectivity index (χ1) is 13.7. The summed E-state index contributed by atoms with van der Waals surface area (Å²) in [5.74, 6) is 2.53. The summed E-state index contributed by atoms with van der Waals surface area (Å²) in [5.41, 5.74) is 2.16. The molecule has 1 aliphatic heterocycles. The van der Waals surface area contributed by atoms with Gasteiger partial charge in [-0.1, -0.05) is 69.4 Å². The number of carbonyl (C=O) groups excluding carboxylic acids is 1. The Morgan fingerprint density at radius 1 is 1.18 bits per heavy atom. The van der Waals surface area contributed by atoms with E-state index in [2.05, 4.69) is 52.6 Å². The Hall–Kier alpha value is -1.75. The van der Waals surface area contributed by atoms with Crippen LogP contribution in [0.3, 0.4) is 0 Å². The molecule has 1 aromatic carbocycles. The molecule has 1 aliphatic carbocycles. The van der Waals surface area contributed by atoms with E-state index in [1.54, 1.807) is 0 Å². The summed E-state index contributed by atoms with van der Waals surface area (Å²) in [6, 6.07) is 10.4. The molecule has 0 saturated heterocycles. The third kappa shape index (κ3) is 4.00. The Labute approximate surface area is 173 Å². The second-order valence-electron chi connectivity index (χ2n) is 8.41. The van der Waals surface area contributed by atoms with Gasteiger partial charge >= 0.3 is 0 Å². The lowest BCUT2D eigenvalue weighted by molar-refractivity contribution is -0.138. The number of nitrogens with zero attached hydrogens (tertiary/aromatic N) is 3. The highest BCUT2D eigenvalue weighted by Crippen LogP contribution is 2.38. The number of hydrogen-bond donors (Lipinski definition) is 1. The van der Waals surface area contributed by atoms with Gasteiger partial charge in [-0.25, -0.2) is 4.98 Å². The standard InChI is InChI=1S/C23H31N3OS/c1-17(16-28)23(27)26-13-12-25-15-20(19-10-6-3-7-11-19)24-22(25)21(26)14-18-8-4-2-5-9-18/h3,6-7,10-11,15,17-18,21,28H,2,4-5,8-9,12-14,16H2,1H3/t17-,21-/m0/s1. The van der Waals surface area contributed by atoms with Crippen molar-refractivity contribution in [2.75, 3.05) is 12.3 Å². The number of benzene rings is 1. The molecule has 1 fully saturated rings. The molecule has 150 valence electrons. The van der Waals surface area contributed by atoms with Crippen LogP contribution in [0.4, 0.5) is 0 Å². The number of imidazole rings is 1. The van der Waals surface area contributed by atoms with Gasteiger partial charge < -0.3 is 9.47 Å². The Balaban J connectivity index is 1.66. The number of rotatable bonds is 5. The largest absolute Gasteiger partial charge is 0.331 e. The van der Waals surface area contributed by atoms with Gasteiger partial charge in [0.15, 0.2) is 0 Å². The van der Waals surface area contributed by atoms with Crippen LogP contribution in [-0.4, -0.2) is 32.7 Å². The van der Waals surface area contributed by atoms with E-state index < -0.39 is 0 Å². The number of aromatic nitrogens is 2. The molecule has 2 aliphatic rings. The number of thiol groups is 1. The normalized spacial score (nSPS) is 21.4. The van der Waals surface area contributed by atoms with Gasteiger partial charge in [-0.05, 0) is 12.3 Å². The molecular formula is C23H31N3OS. The first-order valence-electron chi connectivity index (χ1n) is 10.7. The van der Waals surface area contributed by atoms with Crippen LogP contribution in [0.5, 0.6) is 0 Å². The SMILES string of the molecule is C[C@@H](CS)C(=O)N1CCn2cc(-c3ccccc3)nc2[C@@H]1CC1CCCCC1. The highest BCUT2D eigenvalue weighted by Gasteiger charge is 2.36.